The van der Waals surface area contributed by atoms with Crippen LogP contribution in [0.15, 0.2) is 48.5 Å². The van der Waals surface area contributed by atoms with Crippen LogP contribution in [0.25, 0.3) is 0 Å². The minimum atomic E-state index is -0.342. The van der Waals surface area contributed by atoms with Crippen LogP contribution in [0.3, 0.4) is 0 Å². The first-order valence-electron chi connectivity index (χ1n) is 8.72. The monoisotopic (exact) mass is 340 g/mol. The SMILES string of the molecule is O=C(NC1CC2CCN(C2)C1)c1ccc(Oc2cccc(F)c2)cc1. The van der Waals surface area contributed by atoms with Crippen LogP contribution in [0.1, 0.15) is 23.2 Å². The maximum Gasteiger partial charge on any atom is 0.251 e. The number of rotatable bonds is 4. The van der Waals surface area contributed by atoms with Gasteiger partial charge in [0.1, 0.15) is 17.3 Å². The lowest BCUT2D eigenvalue weighted by molar-refractivity contribution is 0.0909. The maximum atomic E-state index is 13.2. The second-order valence-electron chi connectivity index (χ2n) is 6.90. The Morgan fingerprint density at radius 3 is 2.72 bits per heavy atom. The fraction of sp³-hybridized carbons (Fsp3) is 0.350. The van der Waals surface area contributed by atoms with Gasteiger partial charge in [0.05, 0.1) is 0 Å². The van der Waals surface area contributed by atoms with Gasteiger partial charge < -0.3 is 15.0 Å². The number of benzene rings is 2. The van der Waals surface area contributed by atoms with E-state index < -0.39 is 0 Å². The summed E-state index contributed by atoms with van der Waals surface area (Å²) in [6.45, 7) is 3.28. The molecule has 25 heavy (non-hydrogen) atoms. The number of nitrogens with zero attached hydrogens (tertiary/aromatic N) is 1. The van der Waals surface area contributed by atoms with Crippen molar-refractivity contribution >= 4 is 5.91 Å². The van der Waals surface area contributed by atoms with E-state index in [9.17, 15) is 9.18 Å². The van der Waals surface area contributed by atoms with Crippen LogP contribution >= 0.6 is 0 Å². The van der Waals surface area contributed by atoms with Crippen LogP contribution in [0.5, 0.6) is 11.5 Å². The zero-order valence-corrected chi connectivity index (χ0v) is 14.0. The molecule has 4 rings (SSSR count). The van der Waals surface area contributed by atoms with Gasteiger partial charge in [-0.15, -0.1) is 0 Å². The number of carbonyl (C=O) groups is 1. The third-order valence-corrected chi connectivity index (χ3v) is 4.95. The minimum absolute atomic E-state index is 0.0511. The fourth-order valence-electron chi connectivity index (χ4n) is 3.77. The van der Waals surface area contributed by atoms with Gasteiger partial charge >= 0.3 is 0 Å². The third-order valence-electron chi connectivity index (χ3n) is 4.95. The average Bonchev–Trinajstić information content (AvgIpc) is 2.94. The predicted molar refractivity (Wildman–Crippen MR) is 93.3 cm³/mol. The van der Waals surface area contributed by atoms with E-state index >= 15 is 0 Å². The zero-order chi connectivity index (χ0) is 17.2. The molecule has 2 aromatic carbocycles. The van der Waals surface area contributed by atoms with Crippen molar-refractivity contribution in [3.05, 3.63) is 59.9 Å². The normalized spacial score (nSPS) is 24.8. The molecule has 1 N–H and O–H groups in total. The molecule has 0 radical (unpaired) electrons. The van der Waals surface area contributed by atoms with Gasteiger partial charge in [-0.1, -0.05) is 6.07 Å². The first kappa shape index (κ1) is 16.1. The van der Waals surface area contributed by atoms with E-state index in [1.54, 1.807) is 36.4 Å². The van der Waals surface area contributed by atoms with E-state index in [2.05, 4.69) is 10.2 Å². The number of hydrogen-bond donors (Lipinski definition) is 1. The van der Waals surface area contributed by atoms with Gasteiger partial charge in [-0.3, -0.25) is 4.79 Å². The number of carbonyl (C=O) groups excluding carboxylic acids is 1. The van der Waals surface area contributed by atoms with Gasteiger partial charge in [-0.25, -0.2) is 4.39 Å². The highest BCUT2D eigenvalue weighted by molar-refractivity contribution is 5.94. The van der Waals surface area contributed by atoms with E-state index in [1.807, 2.05) is 0 Å². The summed E-state index contributed by atoms with van der Waals surface area (Å²) in [5.41, 5.74) is 0.611. The highest BCUT2D eigenvalue weighted by atomic mass is 19.1. The average molecular weight is 340 g/mol. The Morgan fingerprint density at radius 1 is 1.12 bits per heavy atom. The number of piperidine rings is 1. The molecule has 1 amide bonds. The molecule has 5 heteroatoms. The van der Waals surface area contributed by atoms with Crippen molar-refractivity contribution in [3.63, 3.8) is 0 Å². The molecule has 2 bridgehead atoms. The topological polar surface area (TPSA) is 41.6 Å². The Kier molecular flexibility index (Phi) is 4.40. The number of halogens is 1. The number of ether oxygens (including phenoxy) is 1. The molecular weight excluding hydrogens is 319 g/mol. The predicted octanol–water partition coefficient (Wildman–Crippen LogP) is 3.44. The van der Waals surface area contributed by atoms with Crippen LogP contribution in [0.4, 0.5) is 4.39 Å². The van der Waals surface area contributed by atoms with Gasteiger partial charge in [-0.2, -0.15) is 0 Å². The van der Waals surface area contributed by atoms with Crippen molar-refractivity contribution in [1.82, 2.24) is 10.2 Å². The Hall–Kier alpha value is -2.40. The van der Waals surface area contributed by atoms with E-state index in [0.29, 0.717) is 17.1 Å². The van der Waals surface area contributed by atoms with Gasteiger partial charge in [0, 0.05) is 30.8 Å². The second-order valence-corrected chi connectivity index (χ2v) is 6.90. The molecule has 2 heterocycles. The van der Waals surface area contributed by atoms with E-state index in [1.165, 1.54) is 25.1 Å². The van der Waals surface area contributed by atoms with Gasteiger partial charge in [0.25, 0.3) is 5.91 Å². The fourth-order valence-corrected chi connectivity index (χ4v) is 3.77. The smallest absolute Gasteiger partial charge is 0.251 e. The summed E-state index contributed by atoms with van der Waals surface area (Å²) in [5, 5.41) is 3.14. The maximum absolute atomic E-state index is 13.2. The first-order valence-corrected chi connectivity index (χ1v) is 8.72. The molecule has 4 nitrogen and oxygen atoms in total. The minimum Gasteiger partial charge on any atom is -0.457 e. The highest BCUT2D eigenvalue weighted by Gasteiger charge is 2.32. The van der Waals surface area contributed by atoms with Gasteiger partial charge in [-0.05, 0) is 61.7 Å². The summed E-state index contributed by atoms with van der Waals surface area (Å²) < 4.78 is 18.8. The van der Waals surface area contributed by atoms with Crippen LogP contribution in [0.2, 0.25) is 0 Å². The second kappa shape index (κ2) is 6.84. The van der Waals surface area contributed by atoms with E-state index in [0.717, 1.165) is 25.4 Å². The van der Waals surface area contributed by atoms with Crippen molar-refractivity contribution < 1.29 is 13.9 Å². The standard InChI is InChI=1S/C20H21FN2O2/c21-16-2-1-3-19(11-16)25-18-6-4-15(5-7-18)20(24)22-17-10-14-8-9-23(12-14)13-17/h1-7,11,14,17H,8-10,12-13H2,(H,22,24). The number of amides is 1. The third kappa shape index (κ3) is 3.82. The lowest BCUT2D eigenvalue weighted by Gasteiger charge is -2.30. The molecule has 2 fully saturated rings. The van der Waals surface area contributed by atoms with E-state index in [-0.39, 0.29) is 17.8 Å². The lowest BCUT2D eigenvalue weighted by Crippen LogP contribution is -2.46. The van der Waals surface area contributed by atoms with E-state index in [4.69, 9.17) is 4.74 Å². The zero-order valence-electron chi connectivity index (χ0n) is 14.0. The van der Waals surface area contributed by atoms with Gasteiger partial charge in [0.2, 0.25) is 0 Å². The van der Waals surface area contributed by atoms with Crippen molar-refractivity contribution in [3.8, 4) is 11.5 Å². The quantitative estimate of drug-likeness (QED) is 0.927. The molecule has 2 aliphatic rings. The molecule has 0 saturated carbocycles. The molecular formula is C20H21FN2O2. The molecule has 2 saturated heterocycles. The molecule has 130 valence electrons. The Balaban J connectivity index is 1.37. The van der Waals surface area contributed by atoms with Crippen molar-refractivity contribution in [1.29, 1.82) is 0 Å². The number of fused-ring (bicyclic) bond motifs is 2. The van der Waals surface area contributed by atoms with Crippen LogP contribution < -0.4 is 10.1 Å². The molecule has 0 spiro atoms. The summed E-state index contributed by atoms with van der Waals surface area (Å²) in [7, 11) is 0. The Labute approximate surface area is 146 Å². The molecule has 2 aromatic rings. The molecule has 2 aliphatic heterocycles. The van der Waals surface area contributed by atoms with Gasteiger partial charge in [0.15, 0.2) is 0 Å². The summed E-state index contributed by atoms with van der Waals surface area (Å²) >= 11 is 0. The first-order chi connectivity index (χ1) is 12.2. The number of nitrogens with one attached hydrogen (secondary N) is 1. The molecule has 0 aromatic heterocycles. The summed E-state index contributed by atoms with van der Waals surface area (Å²) in [5.74, 6) is 1.34. The number of hydrogen-bond acceptors (Lipinski definition) is 3. The van der Waals surface area contributed by atoms with Crippen LogP contribution in [-0.2, 0) is 0 Å². The molecule has 0 aliphatic carbocycles. The van der Waals surface area contributed by atoms with Crippen molar-refractivity contribution in [2.45, 2.75) is 18.9 Å². The molecule has 3 atom stereocenters. The van der Waals surface area contributed by atoms with Crippen LogP contribution in [0, 0.1) is 11.7 Å². The largest absolute Gasteiger partial charge is 0.457 e. The summed E-state index contributed by atoms with van der Waals surface area (Å²) in [6, 6.07) is 13.2. The highest BCUT2D eigenvalue weighted by Crippen LogP contribution is 2.27. The van der Waals surface area contributed by atoms with Crippen molar-refractivity contribution in [2.75, 3.05) is 19.6 Å². The van der Waals surface area contributed by atoms with Crippen molar-refractivity contribution in [2.24, 2.45) is 5.92 Å². The summed E-state index contributed by atoms with van der Waals surface area (Å²) in [4.78, 5) is 14.9. The Bertz CT molecular complexity index is 751. The lowest BCUT2D eigenvalue weighted by atomic mass is 9.96. The summed E-state index contributed by atoms with van der Waals surface area (Å²) in [6.07, 6.45) is 2.32. The van der Waals surface area contributed by atoms with Crippen LogP contribution in [-0.4, -0.2) is 36.5 Å². The molecule has 3 unspecified atom stereocenters. The Morgan fingerprint density at radius 2 is 1.96 bits per heavy atom.